The van der Waals surface area contributed by atoms with Crippen LogP contribution in [0.2, 0.25) is 0 Å². The predicted molar refractivity (Wildman–Crippen MR) is 46.9 cm³/mol. The van der Waals surface area contributed by atoms with Crippen LogP contribution in [0.15, 0.2) is 36.5 Å². The highest BCUT2D eigenvalue weighted by atomic mass is 16.1. The summed E-state index contributed by atoms with van der Waals surface area (Å²) < 4.78 is 0. The lowest BCUT2D eigenvalue weighted by Crippen LogP contribution is -2.10. The highest BCUT2D eigenvalue weighted by molar-refractivity contribution is 5.77. The Morgan fingerprint density at radius 2 is 2.27 bits per heavy atom. The molecule has 0 saturated heterocycles. The van der Waals surface area contributed by atoms with E-state index in [1.165, 1.54) is 0 Å². The van der Waals surface area contributed by atoms with E-state index >= 15 is 0 Å². The Morgan fingerprint density at radius 3 is 2.64 bits per heavy atom. The molecule has 0 saturated carbocycles. The van der Waals surface area contributed by atoms with Gasteiger partial charge in [0.1, 0.15) is 0 Å². The number of carbonyl (C=O) groups is 1. The molecule has 60 valence electrons. The third-order valence-corrected chi connectivity index (χ3v) is 1.14. The van der Waals surface area contributed by atoms with Crippen molar-refractivity contribution >= 4 is 5.91 Å². The molecule has 0 heterocycles. The molecule has 0 bridgehead atoms. The van der Waals surface area contributed by atoms with Gasteiger partial charge >= 0.3 is 0 Å². The van der Waals surface area contributed by atoms with Crippen molar-refractivity contribution in [3.63, 3.8) is 0 Å². The van der Waals surface area contributed by atoms with Gasteiger partial charge in [-0.05, 0) is 12.5 Å². The molecular weight excluding hydrogens is 138 g/mol. The Kier molecular flexibility index (Phi) is 4.82. The number of allylic oxidation sites excluding steroid dienone is 4. The van der Waals surface area contributed by atoms with E-state index in [9.17, 15) is 4.79 Å². The summed E-state index contributed by atoms with van der Waals surface area (Å²) >= 11 is 0. The Labute approximate surface area is 67.1 Å². The molecule has 11 heavy (non-hydrogen) atoms. The zero-order valence-corrected chi connectivity index (χ0v) is 6.71. The normalized spacial score (nSPS) is 11.9. The van der Waals surface area contributed by atoms with Gasteiger partial charge in [0, 0.05) is 0 Å². The third kappa shape index (κ3) is 5.15. The van der Waals surface area contributed by atoms with Crippen LogP contribution in [0, 0.1) is 0 Å². The van der Waals surface area contributed by atoms with Crippen molar-refractivity contribution in [1.82, 2.24) is 0 Å². The number of hydrogen-bond donors (Lipinski definition) is 1. The Hall–Kier alpha value is -1.31. The molecule has 0 aromatic carbocycles. The molecule has 0 aromatic heterocycles. The molecule has 2 N–H and O–H groups in total. The topological polar surface area (TPSA) is 43.1 Å². The number of nitrogens with two attached hydrogens (primary N) is 1. The van der Waals surface area contributed by atoms with Crippen molar-refractivity contribution in [3.05, 3.63) is 36.5 Å². The number of primary amides is 1. The lowest BCUT2D eigenvalue weighted by atomic mass is 10.1. The van der Waals surface area contributed by atoms with Crippen LogP contribution < -0.4 is 5.73 Å². The monoisotopic (exact) mass is 151 g/mol. The lowest BCUT2D eigenvalue weighted by Gasteiger charge is -1.94. The van der Waals surface area contributed by atoms with Crippen LogP contribution in [0.1, 0.15) is 13.3 Å². The fourth-order valence-corrected chi connectivity index (χ4v) is 0.620. The first kappa shape index (κ1) is 9.69. The third-order valence-electron chi connectivity index (χ3n) is 1.14. The van der Waals surface area contributed by atoms with Crippen LogP contribution in [0.25, 0.3) is 0 Å². The van der Waals surface area contributed by atoms with E-state index in [-0.39, 0.29) is 12.3 Å². The summed E-state index contributed by atoms with van der Waals surface area (Å²) in [6.07, 6.45) is 7.43. The molecule has 0 aliphatic carbocycles. The van der Waals surface area contributed by atoms with E-state index in [0.717, 1.165) is 5.57 Å². The number of hydrogen-bond acceptors (Lipinski definition) is 1. The molecule has 2 nitrogen and oxygen atoms in total. The fourth-order valence-electron chi connectivity index (χ4n) is 0.620. The van der Waals surface area contributed by atoms with E-state index in [1.54, 1.807) is 6.08 Å². The molecule has 0 unspecified atom stereocenters. The highest BCUT2D eigenvalue weighted by Crippen LogP contribution is 2.01. The van der Waals surface area contributed by atoms with Crippen molar-refractivity contribution in [2.75, 3.05) is 0 Å². The SMILES string of the molecule is C=C/C(=C\C=C/C)CC(N)=O. The maximum Gasteiger partial charge on any atom is 0.221 e. The maximum absolute atomic E-state index is 10.4. The lowest BCUT2D eigenvalue weighted by molar-refractivity contribution is -0.117. The van der Waals surface area contributed by atoms with E-state index in [0.29, 0.717) is 0 Å². The summed E-state index contributed by atoms with van der Waals surface area (Å²) in [6.45, 7) is 5.46. The molecule has 0 spiro atoms. The van der Waals surface area contributed by atoms with Gasteiger partial charge in [0.15, 0.2) is 0 Å². The van der Waals surface area contributed by atoms with Gasteiger partial charge in [-0.3, -0.25) is 4.79 Å². The molecule has 0 aliphatic rings. The summed E-state index contributed by atoms with van der Waals surface area (Å²) in [4.78, 5) is 10.4. The molecule has 0 aromatic rings. The van der Waals surface area contributed by atoms with Gasteiger partial charge in [0.25, 0.3) is 0 Å². The molecule has 0 atom stereocenters. The second-order valence-electron chi connectivity index (χ2n) is 2.11. The van der Waals surface area contributed by atoms with Gasteiger partial charge in [-0.1, -0.05) is 30.9 Å². The first-order valence-electron chi connectivity index (χ1n) is 3.43. The minimum absolute atomic E-state index is 0.258. The zero-order valence-electron chi connectivity index (χ0n) is 6.71. The van der Waals surface area contributed by atoms with Crippen LogP contribution in [0.3, 0.4) is 0 Å². The smallest absolute Gasteiger partial charge is 0.221 e. The van der Waals surface area contributed by atoms with E-state index in [4.69, 9.17) is 5.73 Å². The molecule has 0 fully saturated rings. The summed E-state index contributed by atoms with van der Waals surface area (Å²) in [5.74, 6) is -0.333. The Bertz CT molecular complexity index is 202. The fraction of sp³-hybridized carbons (Fsp3) is 0.222. The van der Waals surface area contributed by atoms with Gasteiger partial charge in [-0.2, -0.15) is 0 Å². The Morgan fingerprint density at radius 1 is 1.64 bits per heavy atom. The molecule has 0 aliphatic heterocycles. The van der Waals surface area contributed by atoms with Crippen molar-refractivity contribution < 1.29 is 4.79 Å². The highest BCUT2D eigenvalue weighted by Gasteiger charge is 1.95. The van der Waals surface area contributed by atoms with Crippen LogP contribution in [-0.4, -0.2) is 5.91 Å². The molecule has 1 amide bonds. The average molecular weight is 151 g/mol. The van der Waals surface area contributed by atoms with Gasteiger partial charge < -0.3 is 5.73 Å². The largest absolute Gasteiger partial charge is 0.369 e. The summed E-state index contributed by atoms with van der Waals surface area (Å²) in [5.41, 5.74) is 5.83. The van der Waals surface area contributed by atoms with Crippen LogP contribution in [-0.2, 0) is 4.79 Å². The predicted octanol–water partition coefficient (Wildman–Crippen LogP) is 1.55. The Balaban J connectivity index is 4.15. The first-order valence-corrected chi connectivity index (χ1v) is 3.43. The summed E-state index contributed by atoms with van der Waals surface area (Å²) in [6, 6.07) is 0. The van der Waals surface area contributed by atoms with Crippen molar-refractivity contribution in [1.29, 1.82) is 0 Å². The maximum atomic E-state index is 10.4. The minimum atomic E-state index is -0.333. The molecule has 0 rings (SSSR count). The van der Waals surface area contributed by atoms with Gasteiger partial charge in [-0.15, -0.1) is 0 Å². The van der Waals surface area contributed by atoms with Crippen LogP contribution in [0.5, 0.6) is 0 Å². The van der Waals surface area contributed by atoms with E-state index < -0.39 is 0 Å². The standard InChI is InChI=1S/C9H13NO/c1-3-5-6-8(4-2)7-9(10)11/h3-6H,2,7H2,1H3,(H2,10,11)/b5-3-,8-6+. The van der Waals surface area contributed by atoms with Gasteiger partial charge in [-0.25, -0.2) is 0 Å². The molecule has 2 heteroatoms. The van der Waals surface area contributed by atoms with Crippen LogP contribution in [0.4, 0.5) is 0 Å². The van der Waals surface area contributed by atoms with E-state index in [1.807, 2.05) is 25.2 Å². The summed E-state index contributed by atoms with van der Waals surface area (Å²) in [5, 5.41) is 0. The minimum Gasteiger partial charge on any atom is -0.369 e. The van der Waals surface area contributed by atoms with E-state index in [2.05, 4.69) is 6.58 Å². The molecule has 0 radical (unpaired) electrons. The van der Waals surface area contributed by atoms with Crippen molar-refractivity contribution in [2.45, 2.75) is 13.3 Å². The zero-order chi connectivity index (χ0) is 8.69. The number of amides is 1. The summed E-state index contributed by atoms with van der Waals surface area (Å²) in [7, 11) is 0. The average Bonchev–Trinajstić information content (AvgIpc) is 1.97. The van der Waals surface area contributed by atoms with Gasteiger partial charge in [0.2, 0.25) is 5.91 Å². The van der Waals surface area contributed by atoms with Crippen molar-refractivity contribution in [2.24, 2.45) is 5.73 Å². The van der Waals surface area contributed by atoms with Crippen LogP contribution >= 0.6 is 0 Å². The number of rotatable bonds is 4. The molecular formula is C9H13NO. The second kappa shape index (κ2) is 5.47. The second-order valence-corrected chi connectivity index (χ2v) is 2.11. The first-order chi connectivity index (χ1) is 5.20. The quantitative estimate of drug-likeness (QED) is 0.608. The number of carbonyl (C=O) groups excluding carboxylic acids is 1. The van der Waals surface area contributed by atoms with Crippen molar-refractivity contribution in [3.8, 4) is 0 Å². The van der Waals surface area contributed by atoms with Gasteiger partial charge in [0.05, 0.1) is 6.42 Å².